The van der Waals surface area contributed by atoms with E-state index in [1.54, 1.807) is 13.8 Å². The van der Waals surface area contributed by atoms with E-state index in [-0.39, 0.29) is 19.0 Å². The van der Waals surface area contributed by atoms with Gasteiger partial charge in [-0.1, -0.05) is 20.8 Å². The number of urea groups is 1. The average Bonchev–Trinajstić information content (AvgIpc) is 2.44. The van der Waals surface area contributed by atoms with E-state index >= 15 is 0 Å². The van der Waals surface area contributed by atoms with Gasteiger partial charge >= 0.3 is 12.0 Å². The largest absolute Gasteiger partial charge is 0.481 e. The number of aliphatic carboxylic acids is 1. The van der Waals surface area contributed by atoms with Gasteiger partial charge in [0.1, 0.15) is 0 Å². The van der Waals surface area contributed by atoms with Crippen molar-refractivity contribution in [1.82, 2.24) is 16.0 Å². The number of carbonyl (C=O) groups excluding carboxylic acids is 2. The molecule has 116 valence electrons. The van der Waals surface area contributed by atoms with Crippen molar-refractivity contribution in [2.24, 2.45) is 5.41 Å². The van der Waals surface area contributed by atoms with E-state index in [2.05, 4.69) is 16.0 Å². The second-order valence-electron chi connectivity index (χ2n) is 4.68. The van der Waals surface area contributed by atoms with Gasteiger partial charge in [-0.05, 0) is 19.3 Å². The highest BCUT2D eigenvalue weighted by Crippen LogP contribution is 2.25. The molecule has 0 heterocycles. The van der Waals surface area contributed by atoms with E-state index in [1.165, 1.54) is 0 Å². The summed E-state index contributed by atoms with van der Waals surface area (Å²) in [6.45, 7) is 5.96. The average molecular weight is 287 g/mol. The number of hydrogen-bond donors (Lipinski definition) is 4. The maximum Gasteiger partial charge on any atom is 0.315 e. The smallest absolute Gasteiger partial charge is 0.315 e. The fourth-order valence-corrected chi connectivity index (χ4v) is 1.68. The molecular weight excluding hydrogens is 262 g/mol. The highest BCUT2D eigenvalue weighted by molar-refractivity contribution is 5.84. The van der Waals surface area contributed by atoms with Crippen LogP contribution in [0.25, 0.3) is 0 Å². The second-order valence-corrected chi connectivity index (χ2v) is 4.68. The lowest BCUT2D eigenvalue weighted by Gasteiger charge is -2.26. The zero-order valence-electron chi connectivity index (χ0n) is 12.4. The van der Waals surface area contributed by atoms with Gasteiger partial charge in [-0.2, -0.15) is 0 Å². The van der Waals surface area contributed by atoms with Gasteiger partial charge in [0.25, 0.3) is 0 Å². The van der Waals surface area contributed by atoms with Gasteiger partial charge in [-0.3, -0.25) is 9.59 Å². The van der Waals surface area contributed by atoms with E-state index in [0.717, 1.165) is 6.42 Å². The predicted molar refractivity (Wildman–Crippen MR) is 75.4 cm³/mol. The summed E-state index contributed by atoms with van der Waals surface area (Å²) < 4.78 is 0. The van der Waals surface area contributed by atoms with E-state index < -0.39 is 17.4 Å². The minimum atomic E-state index is -0.957. The van der Waals surface area contributed by atoms with E-state index in [4.69, 9.17) is 0 Å². The number of nitrogens with one attached hydrogen (secondary N) is 3. The summed E-state index contributed by atoms with van der Waals surface area (Å²) in [5.74, 6) is -1.19. The van der Waals surface area contributed by atoms with Crippen molar-refractivity contribution in [2.45, 2.75) is 40.0 Å². The number of rotatable bonds is 9. The molecular formula is C13H25N3O4. The lowest BCUT2D eigenvalue weighted by molar-refractivity contribution is -0.149. The normalized spacial score (nSPS) is 10.8. The van der Waals surface area contributed by atoms with Crippen LogP contribution in [0.1, 0.15) is 40.0 Å². The van der Waals surface area contributed by atoms with Crippen LogP contribution in [-0.4, -0.2) is 42.6 Å². The van der Waals surface area contributed by atoms with Crippen molar-refractivity contribution in [2.75, 3.05) is 19.6 Å². The Morgan fingerprint density at radius 2 is 1.60 bits per heavy atom. The Morgan fingerprint density at radius 3 is 2.05 bits per heavy atom. The molecule has 0 aliphatic rings. The van der Waals surface area contributed by atoms with E-state index in [9.17, 15) is 19.5 Å². The topological polar surface area (TPSA) is 108 Å². The first-order valence-electron chi connectivity index (χ1n) is 6.93. The van der Waals surface area contributed by atoms with E-state index in [0.29, 0.717) is 19.4 Å². The molecule has 0 spiro atoms. The first kappa shape index (κ1) is 18.2. The summed E-state index contributed by atoms with van der Waals surface area (Å²) in [5.41, 5.74) is -0.957. The monoisotopic (exact) mass is 287 g/mol. The summed E-state index contributed by atoms with van der Waals surface area (Å²) in [6.07, 6.45) is 1.68. The molecule has 7 nitrogen and oxygen atoms in total. The van der Waals surface area contributed by atoms with Gasteiger partial charge in [0.05, 0.1) is 12.0 Å². The van der Waals surface area contributed by atoms with Crippen molar-refractivity contribution in [1.29, 1.82) is 0 Å². The first-order chi connectivity index (χ1) is 9.41. The molecule has 0 aromatic rings. The lowest BCUT2D eigenvalue weighted by atomic mass is 9.82. The molecule has 20 heavy (non-hydrogen) atoms. The molecule has 0 aliphatic heterocycles. The molecule has 4 N–H and O–H groups in total. The summed E-state index contributed by atoms with van der Waals surface area (Å²) in [4.78, 5) is 34.1. The van der Waals surface area contributed by atoms with Crippen molar-refractivity contribution < 1.29 is 19.5 Å². The van der Waals surface area contributed by atoms with E-state index in [1.807, 2.05) is 6.92 Å². The molecule has 3 amide bonds. The molecule has 0 atom stereocenters. The molecule has 0 aliphatic carbocycles. The van der Waals surface area contributed by atoms with Crippen LogP contribution in [0.2, 0.25) is 0 Å². The van der Waals surface area contributed by atoms with Crippen LogP contribution in [0.3, 0.4) is 0 Å². The second kappa shape index (κ2) is 9.17. The minimum absolute atomic E-state index is 0.0394. The van der Waals surface area contributed by atoms with Gasteiger partial charge in [0, 0.05) is 13.1 Å². The molecule has 0 fully saturated rings. The molecule has 0 saturated heterocycles. The van der Waals surface area contributed by atoms with Crippen LogP contribution < -0.4 is 16.0 Å². The van der Waals surface area contributed by atoms with Crippen molar-refractivity contribution in [3.05, 3.63) is 0 Å². The Bertz CT molecular complexity index is 341. The quantitative estimate of drug-likeness (QED) is 0.500. The summed E-state index contributed by atoms with van der Waals surface area (Å²) in [5, 5.41) is 16.7. The van der Waals surface area contributed by atoms with Gasteiger partial charge in [0.2, 0.25) is 5.91 Å². The fraction of sp³-hybridized carbons (Fsp3) is 0.769. The SMILES string of the molecule is CCCNC(=O)CNC(=O)NCC(CC)(CC)C(=O)O. The Morgan fingerprint density at radius 1 is 1.00 bits per heavy atom. The maximum absolute atomic E-state index is 11.5. The maximum atomic E-state index is 11.5. The summed E-state index contributed by atoms with van der Waals surface area (Å²) in [6, 6.07) is -0.538. The van der Waals surface area contributed by atoms with Gasteiger partial charge in [0.15, 0.2) is 0 Å². The fourth-order valence-electron chi connectivity index (χ4n) is 1.68. The van der Waals surface area contributed by atoms with Crippen LogP contribution in [-0.2, 0) is 9.59 Å². The standard InChI is InChI=1S/C13H25N3O4/c1-4-7-14-10(17)8-15-12(20)16-9-13(5-2,6-3)11(18)19/h4-9H2,1-3H3,(H,14,17)(H,18,19)(H2,15,16,20). The first-order valence-corrected chi connectivity index (χ1v) is 6.93. The Kier molecular flexibility index (Phi) is 8.35. The minimum Gasteiger partial charge on any atom is -0.481 e. The third kappa shape index (κ3) is 5.90. The molecule has 0 rings (SSSR count). The zero-order valence-corrected chi connectivity index (χ0v) is 12.4. The molecule has 0 aromatic carbocycles. The van der Waals surface area contributed by atoms with Crippen LogP contribution >= 0.6 is 0 Å². The highest BCUT2D eigenvalue weighted by atomic mass is 16.4. The summed E-state index contributed by atoms with van der Waals surface area (Å²) >= 11 is 0. The Labute approximate surface area is 119 Å². The van der Waals surface area contributed by atoms with Crippen LogP contribution in [0, 0.1) is 5.41 Å². The third-order valence-corrected chi connectivity index (χ3v) is 3.38. The molecule has 0 radical (unpaired) electrons. The number of amides is 3. The van der Waals surface area contributed by atoms with Crippen molar-refractivity contribution in [3.63, 3.8) is 0 Å². The number of hydrogen-bond acceptors (Lipinski definition) is 3. The zero-order chi connectivity index (χ0) is 15.6. The number of carboxylic acid groups (broad SMARTS) is 1. The molecule has 0 unspecified atom stereocenters. The van der Waals surface area contributed by atoms with Crippen LogP contribution in [0.15, 0.2) is 0 Å². The van der Waals surface area contributed by atoms with Crippen LogP contribution in [0.5, 0.6) is 0 Å². The van der Waals surface area contributed by atoms with Crippen LogP contribution in [0.4, 0.5) is 4.79 Å². The van der Waals surface area contributed by atoms with Gasteiger partial charge in [-0.25, -0.2) is 4.79 Å². The van der Waals surface area contributed by atoms with Crippen molar-refractivity contribution in [3.8, 4) is 0 Å². The van der Waals surface area contributed by atoms with Gasteiger partial charge in [-0.15, -0.1) is 0 Å². The summed E-state index contributed by atoms with van der Waals surface area (Å²) in [7, 11) is 0. The lowest BCUT2D eigenvalue weighted by Crippen LogP contribution is -2.47. The predicted octanol–water partition coefficient (Wildman–Crippen LogP) is 0.703. The van der Waals surface area contributed by atoms with Crippen molar-refractivity contribution >= 4 is 17.9 Å². The van der Waals surface area contributed by atoms with Gasteiger partial charge < -0.3 is 21.1 Å². The molecule has 0 bridgehead atoms. The molecule has 7 heteroatoms. The number of carbonyl (C=O) groups is 3. The molecule has 0 saturated carbocycles. The third-order valence-electron chi connectivity index (χ3n) is 3.38. The highest BCUT2D eigenvalue weighted by Gasteiger charge is 2.35. The Hall–Kier alpha value is -1.79. The number of carboxylic acids is 1. The molecule has 0 aromatic heterocycles. The Balaban J connectivity index is 4.15.